The standard InChI is InChI=1S/C15H24F3NO7S/c1-2-7-14(8-20,9-21)13(23)26-11-5-3-10(4-6-11)12(22)19-27(24,25)15(16,17)18/h10-11,20-21H,2-9H2,1H3,(H,19,22). The van der Waals surface area contributed by atoms with Crippen LogP contribution in [0, 0.1) is 11.3 Å². The van der Waals surface area contributed by atoms with E-state index in [0.29, 0.717) is 6.42 Å². The van der Waals surface area contributed by atoms with E-state index in [1.807, 2.05) is 0 Å². The summed E-state index contributed by atoms with van der Waals surface area (Å²) >= 11 is 0. The Bertz CT molecular complexity index is 624. The molecule has 12 heteroatoms. The fourth-order valence-corrected chi connectivity index (χ4v) is 3.46. The second kappa shape index (κ2) is 9.20. The number of hydrogen-bond acceptors (Lipinski definition) is 7. The van der Waals surface area contributed by atoms with Gasteiger partial charge in [0.05, 0.1) is 13.2 Å². The predicted molar refractivity (Wildman–Crippen MR) is 86.5 cm³/mol. The summed E-state index contributed by atoms with van der Waals surface area (Å²) in [6.45, 7) is 0.582. The van der Waals surface area contributed by atoms with Crippen molar-refractivity contribution in [2.24, 2.45) is 11.3 Å². The summed E-state index contributed by atoms with van der Waals surface area (Å²) in [5.41, 5.74) is -7.00. The second-order valence-electron chi connectivity index (χ2n) is 6.64. The van der Waals surface area contributed by atoms with Gasteiger partial charge in [0.2, 0.25) is 5.91 Å². The maximum absolute atomic E-state index is 12.3. The molecule has 27 heavy (non-hydrogen) atoms. The zero-order chi connectivity index (χ0) is 20.9. The first-order chi connectivity index (χ1) is 12.4. The van der Waals surface area contributed by atoms with E-state index in [0.717, 1.165) is 4.72 Å². The van der Waals surface area contributed by atoms with E-state index in [4.69, 9.17) is 4.74 Å². The van der Waals surface area contributed by atoms with Crippen molar-refractivity contribution in [3.63, 3.8) is 0 Å². The molecule has 0 saturated heterocycles. The van der Waals surface area contributed by atoms with Gasteiger partial charge in [-0.3, -0.25) is 9.59 Å². The molecule has 158 valence electrons. The van der Waals surface area contributed by atoms with Crippen LogP contribution in [0.4, 0.5) is 13.2 Å². The van der Waals surface area contributed by atoms with Crippen LogP contribution >= 0.6 is 0 Å². The monoisotopic (exact) mass is 419 g/mol. The zero-order valence-corrected chi connectivity index (χ0v) is 15.6. The van der Waals surface area contributed by atoms with E-state index in [1.54, 1.807) is 6.92 Å². The number of aliphatic hydroxyl groups excluding tert-OH is 2. The second-order valence-corrected chi connectivity index (χ2v) is 8.31. The van der Waals surface area contributed by atoms with Crippen LogP contribution in [0.1, 0.15) is 45.4 Å². The number of amides is 1. The van der Waals surface area contributed by atoms with Crippen LogP contribution in [0.25, 0.3) is 0 Å². The number of nitrogens with one attached hydrogen (secondary N) is 1. The van der Waals surface area contributed by atoms with Crippen molar-refractivity contribution in [3.8, 4) is 0 Å². The molecule has 3 N–H and O–H groups in total. The lowest BCUT2D eigenvalue weighted by Crippen LogP contribution is -2.45. The third kappa shape index (κ3) is 5.79. The van der Waals surface area contributed by atoms with Crippen LogP contribution in [-0.2, 0) is 24.3 Å². The molecule has 0 atom stereocenters. The summed E-state index contributed by atoms with van der Waals surface area (Å²) in [4.78, 5) is 24.0. The molecular weight excluding hydrogens is 395 g/mol. The fraction of sp³-hybridized carbons (Fsp3) is 0.867. The normalized spacial score (nSPS) is 21.6. The van der Waals surface area contributed by atoms with Crippen LogP contribution in [-0.4, -0.2) is 55.3 Å². The van der Waals surface area contributed by atoms with E-state index < -0.39 is 58.1 Å². The molecule has 0 heterocycles. The molecule has 0 radical (unpaired) electrons. The highest BCUT2D eigenvalue weighted by atomic mass is 32.2. The van der Waals surface area contributed by atoms with E-state index in [1.165, 1.54) is 0 Å². The molecular formula is C15H24F3NO7S. The molecule has 1 aliphatic carbocycles. The Balaban J connectivity index is 2.62. The van der Waals surface area contributed by atoms with Crippen LogP contribution in [0.5, 0.6) is 0 Å². The summed E-state index contributed by atoms with van der Waals surface area (Å²) in [5, 5.41) is 18.9. The average molecular weight is 419 g/mol. The number of ether oxygens (including phenoxy) is 1. The minimum absolute atomic E-state index is 0.0379. The number of sulfonamides is 1. The summed E-state index contributed by atoms with van der Waals surface area (Å²) < 4.78 is 65.2. The van der Waals surface area contributed by atoms with E-state index in [2.05, 4.69) is 0 Å². The minimum atomic E-state index is -5.75. The number of carbonyl (C=O) groups is 2. The summed E-state index contributed by atoms with van der Waals surface area (Å²) in [6.07, 6.45) is 0.481. The quantitative estimate of drug-likeness (QED) is 0.497. The number of esters is 1. The predicted octanol–water partition coefficient (Wildman–Crippen LogP) is 0.825. The summed E-state index contributed by atoms with van der Waals surface area (Å²) in [6, 6.07) is 0. The third-order valence-corrected chi connectivity index (χ3v) is 5.70. The topological polar surface area (TPSA) is 130 Å². The van der Waals surface area contributed by atoms with Gasteiger partial charge < -0.3 is 14.9 Å². The van der Waals surface area contributed by atoms with Crippen molar-refractivity contribution in [3.05, 3.63) is 0 Å². The first-order valence-corrected chi connectivity index (χ1v) is 9.96. The number of carbonyl (C=O) groups excluding carboxylic acids is 2. The van der Waals surface area contributed by atoms with Gasteiger partial charge in [-0.15, -0.1) is 0 Å². The molecule has 0 bridgehead atoms. The maximum atomic E-state index is 12.3. The highest BCUT2D eigenvalue weighted by Gasteiger charge is 2.48. The van der Waals surface area contributed by atoms with Crippen molar-refractivity contribution in [1.82, 2.24) is 4.72 Å². The summed E-state index contributed by atoms with van der Waals surface area (Å²) in [7, 11) is -5.75. The SMILES string of the molecule is CCCC(CO)(CO)C(=O)OC1CCC(C(=O)NS(=O)(=O)C(F)(F)F)CC1. The Morgan fingerprint density at radius 1 is 1.11 bits per heavy atom. The van der Waals surface area contributed by atoms with Gasteiger partial charge in [-0.05, 0) is 32.1 Å². The number of hydrogen-bond donors (Lipinski definition) is 3. The highest BCUT2D eigenvalue weighted by Crippen LogP contribution is 2.31. The Morgan fingerprint density at radius 2 is 1.63 bits per heavy atom. The Hall–Kier alpha value is -1.40. The molecule has 0 aromatic heterocycles. The Morgan fingerprint density at radius 3 is 2.04 bits per heavy atom. The van der Waals surface area contributed by atoms with Gasteiger partial charge in [-0.1, -0.05) is 13.3 Å². The number of alkyl halides is 3. The third-order valence-electron chi connectivity index (χ3n) is 4.63. The van der Waals surface area contributed by atoms with Crippen LogP contribution in [0.3, 0.4) is 0 Å². The lowest BCUT2D eigenvalue weighted by molar-refractivity contribution is -0.170. The summed E-state index contributed by atoms with van der Waals surface area (Å²) in [5.74, 6) is -2.97. The highest BCUT2D eigenvalue weighted by molar-refractivity contribution is 7.90. The maximum Gasteiger partial charge on any atom is 0.516 e. The minimum Gasteiger partial charge on any atom is -0.462 e. The van der Waals surface area contributed by atoms with Crippen LogP contribution < -0.4 is 4.72 Å². The van der Waals surface area contributed by atoms with Gasteiger partial charge in [-0.25, -0.2) is 4.72 Å². The van der Waals surface area contributed by atoms with Crippen molar-refractivity contribution < 1.29 is 46.1 Å². The van der Waals surface area contributed by atoms with E-state index in [9.17, 15) is 41.4 Å². The first-order valence-electron chi connectivity index (χ1n) is 8.48. The van der Waals surface area contributed by atoms with Gasteiger partial charge in [-0.2, -0.15) is 21.6 Å². The van der Waals surface area contributed by atoms with Crippen LogP contribution in [0.2, 0.25) is 0 Å². The number of halogens is 3. The molecule has 0 unspecified atom stereocenters. The lowest BCUT2D eigenvalue weighted by atomic mass is 9.84. The van der Waals surface area contributed by atoms with Crippen LogP contribution in [0.15, 0.2) is 0 Å². The van der Waals surface area contributed by atoms with Crippen molar-refractivity contribution >= 4 is 21.9 Å². The van der Waals surface area contributed by atoms with Gasteiger partial charge in [0, 0.05) is 5.92 Å². The molecule has 8 nitrogen and oxygen atoms in total. The lowest BCUT2D eigenvalue weighted by Gasteiger charge is -2.32. The van der Waals surface area contributed by atoms with E-state index in [-0.39, 0.29) is 32.1 Å². The first kappa shape index (κ1) is 23.6. The smallest absolute Gasteiger partial charge is 0.462 e. The molecule has 0 spiro atoms. The molecule has 1 rings (SSSR count). The van der Waals surface area contributed by atoms with Crippen molar-refractivity contribution in [1.29, 1.82) is 0 Å². The molecule has 1 amide bonds. The van der Waals surface area contributed by atoms with Crippen molar-refractivity contribution in [2.45, 2.75) is 57.1 Å². The van der Waals surface area contributed by atoms with Gasteiger partial charge in [0.25, 0.3) is 0 Å². The Kier molecular flexibility index (Phi) is 8.05. The molecule has 1 fully saturated rings. The van der Waals surface area contributed by atoms with Gasteiger partial charge in [0.1, 0.15) is 11.5 Å². The largest absolute Gasteiger partial charge is 0.516 e. The molecule has 0 aliphatic heterocycles. The van der Waals surface area contributed by atoms with E-state index >= 15 is 0 Å². The zero-order valence-electron chi connectivity index (χ0n) is 14.8. The molecule has 1 aliphatic rings. The fourth-order valence-electron chi connectivity index (χ4n) is 2.91. The van der Waals surface area contributed by atoms with Gasteiger partial charge in [0.15, 0.2) is 0 Å². The Labute approximate surface area is 155 Å². The number of rotatable bonds is 8. The van der Waals surface area contributed by atoms with Crippen molar-refractivity contribution in [2.75, 3.05) is 13.2 Å². The number of aliphatic hydroxyl groups is 2. The molecule has 1 saturated carbocycles. The van der Waals surface area contributed by atoms with Gasteiger partial charge >= 0.3 is 21.5 Å². The average Bonchev–Trinajstić information content (AvgIpc) is 2.58. The molecule has 0 aromatic carbocycles. The molecule has 0 aromatic rings.